The lowest BCUT2D eigenvalue weighted by atomic mass is 10.2. The van der Waals surface area contributed by atoms with Crippen molar-refractivity contribution in [1.82, 2.24) is 10.7 Å². The molecule has 7 nitrogen and oxygen atoms in total. The molecule has 0 heterocycles. The average molecular weight is 321 g/mol. The third kappa shape index (κ3) is 5.98. The van der Waals surface area contributed by atoms with E-state index in [2.05, 4.69) is 15.8 Å². The van der Waals surface area contributed by atoms with E-state index in [9.17, 15) is 9.59 Å². The molecular weight excluding hydrogens is 298 g/mol. The second-order valence-electron chi connectivity index (χ2n) is 4.83. The van der Waals surface area contributed by atoms with Gasteiger partial charge < -0.3 is 14.8 Å². The topological polar surface area (TPSA) is 89.0 Å². The molecule has 0 aromatic heterocycles. The van der Waals surface area contributed by atoms with Crippen LogP contribution in [0.15, 0.2) is 23.3 Å². The molecule has 0 saturated heterocycles. The molecule has 7 heteroatoms. The number of methoxy groups -OCH3 is 1. The first-order chi connectivity index (χ1) is 11.0. The Labute approximate surface area is 136 Å². The fraction of sp³-hybridized carbons (Fsp3) is 0.438. The van der Waals surface area contributed by atoms with Gasteiger partial charge in [0.05, 0.1) is 19.9 Å². The van der Waals surface area contributed by atoms with E-state index >= 15 is 0 Å². The van der Waals surface area contributed by atoms with Crippen LogP contribution in [0.3, 0.4) is 0 Å². The second-order valence-corrected chi connectivity index (χ2v) is 4.83. The van der Waals surface area contributed by atoms with Gasteiger partial charge in [-0.2, -0.15) is 5.10 Å². The Kier molecular flexibility index (Phi) is 7.59. The van der Waals surface area contributed by atoms with Crippen LogP contribution in [-0.2, 0) is 9.59 Å². The zero-order valence-corrected chi connectivity index (χ0v) is 13.9. The molecule has 0 saturated carbocycles. The van der Waals surface area contributed by atoms with Gasteiger partial charge in [-0.1, -0.05) is 6.92 Å². The van der Waals surface area contributed by atoms with Crippen molar-refractivity contribution in [2.75, 3.05) is 13.7 Å². The van der Waals surface area contributed by atoms with E-state index in [4.69, 9.17) is 9.47 Å². The number of ether oxygens (including phenoxy) is 2. The molecule has 0 aliphatic carbocycles. The summed E-state index contributed by atoms with van der Waals surface area (Å²) in [7, 11) is 1.56. The minimum Gasteiger partial charge on any atom is -0.493 e. The van der Waals surface area contributed by atoms with Crippen molar-refractivity contribution in [2.24, 2.45) is 5.10 Å². The van der Waals surface area contributed by atoms with E-state index in [0.29, 0.717) is 23.7 Å². The third-order valence-electron chi connectivity index (χ3n) is 3.06. The number of carbonyl (C=O) groups excluding carboxylic acids is 2. The highest BCUT2D eigenvalue weighted by atomic mass is 16.5. The van der Waals surface area contributed by atoms with Gasteiger partial charge in [0, 0.05) is 6.04 Å². The van der Waals surface area contributed by atoms with Crippen LogP contribution < -0.4 is 20.2 Å². The second kappa shape index (κ2) is 9.45. The Morgan fingerprint density at radius 3 is 2.61 bits per heavy atom. The number of hydrogen-bond donors (Lipinski definition) is 2. The maximum Gasteiger partial charge on any atom is 0.329 e. The molecule has 23 heavy (non-hydrogen) atoms. The van der Waals surface area contributed by atoms with Crippen LogP contribution in [0.4, 0.5) is 0 Å². The quantitative estimate of drug-likeness (QED) is 0.452. The van der Waals surface area contributed by atoms with E-state index in [1.807, 2.05) is 20.8 Å². The molecule has 0 aliphatic rings. The maximum atomic E-state index is 11.6. The molecule has 0 radical (unpaired) electrons. The minimum absolute atomic E-state index is 0.0624. The van der Waals surface area contributed by atoms with E-state index in [0.717, 1.165) is 6.42 Å². The molecule has 0 spiro atoms. The Morgan fingerprint density at radius 2 is 2.00 bits per heavy atom. The summed E-state index contributed by atoms with van der Waals surface area (Å²) >= 11 is 0. The van der Waals surface area contributed by atoms with Crippen molar-refractivity contribution in [3.63, 3.8) is 0 Å². The van der Waals surface area contributed by atoms with Crippen LogP contribution in [-0.4, -0.2) is 37.8 Å². The Bertz CT molecular complexity index is 572. The van der Waals surface area contributed by atoms with Crippen molar-refractivity contribution in [1.29, 1.82) is 0 Å². The van der Waals surface area contributed by atoms with E-state index < -0.39 is 11.8 Å². The van der Waals surface area contributed by atoms with Gasteiger partial charge in [0.15, 0.2) is 11.5 Å². The monoisotopic (exact) mass is 321 g/mol. The van der Waals surface area contributed by atoms with Gasteiger partial charge in [-0.3, -0.25) is 9.59 Å². The maximum absolute atomic E-state index is 11.6. The molecule has 0 unspecified atom stereocenters. The fourth-order valence-electron chi connectivity index (χ4n) is 1.65. The van der Waals surface area contributed by atoms with Crippen LogP contribution >= 0.6 is 0 Å². The van der Waals surface area contributed by atoms with Crippen molar-refractivity contribution in [3.05, 3.63) is 23.8 Å². The third-order valence-corrected chi connectivity index (χ3v) is 3.06. The van der Waals surface area contributed by atoms with Crippen molar-refractivity contribution in [3.8, 4) is 11.5 Å². The first-order valence-corrected chi connectivity index (χ1v) is 7.46. The van der Waals surface area contributed by atoms with Crippen LogP contribution in [0.5, 0.6) is 11.5 Å². The molecule has 0 aliphatic heterocycles. The highest BCUT2D eigenvalue weighted by Gasteiger charge is 2.14. The predicted octanol–water partition coefficient (Wildman–Crippen LogP) is 1.46. The summed E-state index contributed by atoms with van der Waals surface area (Å²) in [5, 5.41) is 6.33. The number of benzene rings is 1. The SMILES string of the molecule is CCOc1cc(/C=N\NC(=O)C(=O)N[C@@H](C)CC)ccc1OC. The Hall–Kier alpha value is -2.57. The fourth-order valence-corrected chi connectivity index (χ4v) is 1.65. The molecule has 126 valence electrons. The summed E-state index contributed by atoms with van der Waals surface area (Å²) in [5.74, 6) is -0.318. The van der Waals surface area contributed by atoms with E-state index in [1.54, 1.807) is 25.3 Å². The zero-order valence-electron chi connectivity index (χ0n) is 13.9. The summed E-state index contributed by atoms with van der Waals surface area (Å²) in [5.41, 5.74) is 2.89. The summed E-state index contributed by atoms with van der Waals surface area (Å²) in [6.45, 7) is 6.11. The first-order valence-electron chi connectivity index (χ1n) is 7.46. The molecule has 0 fully saturated rings. The van der Waals surface area contributed by atoms with Crippen LogP contribution in [0.25, 0.3) is 0 Å². The summed E-state index contributed by atoms with van der Waals surface area (Å²) in [6, 6.07) is 5.17. The number of rotatable bonds is 7. The van der Waals surface area contributed by atoms with Gasteiger partial charge in [0.25, 0.3) is 0 Å². The van der Waals surface area contributed by atoms with Gasteiger partial charge >= 0.3 is 11.8 Å². The molecule has 2 amide bonds. The van der Waals surface area contributed by atoms with Crippen molar-refractivity contribution in [2.45, 2.75) is 33.2 Å². The summed E-state index contributed by atoms with van der Waals surface area (Å²) in [6.07, 6.45) is 2.17. The molecule has 1 rings (SSSR count). The number of hydrazone groups is 1. The smallest absolute Gasteiger partial charge is 0.329 e. The van der Waals surface area contributed by atoms with Crippen LogP contribution in [0, 0.1) is 0 Å². The lowest BCUT2D eigenvalue weighted by Crippen LogP contribution is -2.41. The normalized spacial score (nSPS) is 11.8. The highest BCUT2D eigenvalue weighted by Crippen LogP contribution is 2.27. The van der Waals surface area contributed by atoms with Gasteiger partial charge in [-0.15, -0.1) is 0 Å². The van der Waals surface area contributed by atoms with Crippen LogP contribution in [0.2, 0.25) is 0 Å². The molecule has 1 atom stereocenters. The van der Waals surface area contributed by atoms with Gasteiger partial charge in [-0.25, -0.2) is 5.43 Å². The molecule has 1 aromatic carbocycles. The lowest BCUT2D eigenvalue weighted by Gasteiger charge is -2.10. The molecule has 0 bridgehead atoms. The lowest BCUT2D eigenvalue weighted by molar-refractivity contribution is -0.139. The van der Waals surface area contributed by atoms with E-state index in [1.165, 1.54) is 6.21 Å². The first kappa shape index (κ1) is 18.5. The zero-order chi connectivity index (χ0) is 17.2. The number of nitrogens with zero attached hydrogens (tertiary/aromatic N) is 1. The Balaban J connectivity index is 2.65. The summed E-state index contributed by atoms with van der Waals surface area (Å²) in [4.78, 5) is 23.1. The molecule has 2 N–H and O–H groups in total. The number of amides is 2. The molecule has 1 aromatic rings. The van der Waals surface area contributed by atoms with E-state index in [-0.39, 0.29) is 6.04 Å². The van der Waals surface area contributed by atoms with Crippen LogP contribution in [0.1, 0.15) is 32.8 Å². The Morgan fingerprint density at radius 1 is 1.26 bits per heavy atom. The number of hydrogen-bond acceptors (Lipinski definition) is 5. The largest absolute Gasteiger partial charge is 0.493 e. The highest BCUT2D eigenvalue weighted by molar-refractivity contribution is 6.35. The van der Waals surface area contributed by atoms with Gasteiger partial charge in [0.2, 0.25) is 0 Å². The molecular formula is C16H23N3O4. The predicted molar refractivity (Wildman–Crippen MR) is 87.8 cm³/mol. The number of carbonyl (C=O) groups is 2. The minimum atomic E-state index is -0.805. The summed E-state index contributed by atoms with van der Waals surface area (Å²) < 4.78 is 10.6. The standard InChI is InChI=1S/C16H23N3O4/c1-5-11(3)18-15(20)16(21)19-17-10-12-7-8-13(22-4)14(9-12)23-6-2/h7-11H,5-6H2,1-4H3,(H,18,20)(H,19,21)/b17-10-/t11-/m0/s1. The average Bonchev–Trinajstić information content (AvgIpc) is 2.55. The number of nitrogens with one attached hydrogen (secondary N) is 2. The van der Waals surface area contributed by atoms with Crippen molar-refractivity contribution >= 4 is 18.0 Å². The van der Waals surface area contributed by atoms with Gasteiger partial charge in [0.1, 0.15) is 0 Å². The van der Waals surface area contributed by atoms with Gasteiger partial charge in [-0.05, 0) is 44.0 Å². The van der Waals surface area contributed by atoms with Crippen molar-refractivity contribution < 1.29 is 19.1 Å².